The zero-order chi connectivity index (χ0) is 15.5. The number of β-amino-alcohol motifs (C(OH)–C–C–N with tert-alkyl or cyclic N) is 1. The molecule has 1 aliphatic rings. The van der Waals surface area contributed by atoms with Gasteiger partial charge in [-0.15, -0.1) is 0 Å². The lowest BCUT2D eigenvalue weighted by atomic mass is 10.1. The molecule has 0 unspecified atom stereocenters. The fourth-order valence-corrected chi connectivity index (χ4v) is 2.97. The molecule has 1 aromatic heterocycles. The molecule has 1 saturated heterocycles. The molecule has 22 heavy (non-hydrogen) atoms. The number of aliphatic hydroxyl groups excluding tert-OH is 1. The van der Waals surface area contributed by atoms with E-state index >= 15 is 0 Å². The number of fused-ring (bicyclic) bond motifs is 1. The van der Waals surface area contributed by atoms with Crippen LogP contribution in [0.25, 0.3) is 10.9 Å². The molecular weight excluding hydrogens is 280 g/mol. The number of hydrogen-bond donors (Lipinski definition) is 2. The van der Waals surface area contributed by atoms with Crippen LogP contribution in [0.5, 0.6) is 0 Å². The summed E-state index contributed by atoms with van der Waals surface area (Å²) in [6, 6.07) is 7.83. The van der Waals surface area contributed by atoms with Gasteiger partial charge in [0.15, 0.2) is 0 Å². The van der Waals surface area contributed by atoms with Crippen LogP contribution in [0.4, 0.5) is 0 Å². The number of aromatic amines is 1. The number of amides is 1. The average molecular weight is 302 g/mol. The topological polar surface area (TPSA) is 72.5 Å². The molecule has 1 atom stereocenters. The predicted molar refractivity (Wildman–Crippen MR) is 84.5 cm³/mol. The lowest BCUT2D eigenvalue weighted by Crippen LogP contribution is -2.50. The second-order valence-electron chi connectivity index (χ2n) is 5.93. The van der Waals surface area contributed by atoms with Crippen LogP contribution in [0.1, 0.15) is 12.6 Å². The Balaban J connectivity index is 1.59. The maximum Gasteiger partial charge on any atom is 0.228 e. The first-order chi connectivity index (χ1) is 10.6. The Bertz CT molecular complexity index is 644. The number of nitrogens with one attached hydrogen (secondary N) is 1. The second-order valence-corrected chi connectivity index (χ2v) is 5.93. The Kier molecular flexibility index (Phi) is 4.40. The number of carbonyl (C=O) groups excluding carboxylic acids is 1. The molecular formula is C16H22N4O2. The minimum atomic E-state index is -0.321. The van der Waals surface area contributed by atoms with Crippen LogP contribution >= 0.6 is 0 Å². The average Bonchev–Trinajstić information content (AvgIpc) is 2.91. The van der Waals surface area contributed by atoms with E-state index in [1.807, 2.05) is 29.2 Å². The molecule has 6 nitrogen and oxygen atoms in total. The number of rotatable bonds is 4. The number of benzene rings is 1. The minimum absolute atomic E-state index is 0.131. The monoisotopic (exact) mass is 302 g/mol. The van der Waals surface area contributed by atoms with Gasteiger partial charge in [-0.2, -0.15) is 5.10 Å². The summed E-state index contributed by atoms with van der Waals surface area (Å²) in [5, 5.41) is 17.6. The van der Waals surface area contributed by atoms with E-state index in [2.05, 4.69) is 15.1 Å². The normalized spacial score (nSPS) is 17.8. The van der Waals surface area contributed by atoms with Gasteiger partial charge in [-0.05, 0) is 13.0 Å². The van der Waals surface area contributed by atoms with Crippen molar-refractivity contribution in [2.75, 3.05) is 32.7 Å². The van der Waals surface area contributed by atoms with Crippen molar-refractivity contribution in [2.24, 2.45) is 0 Å². The summed E-state index contributed by atoms with van der Waals surface area (Å²) in [6.07, 6.45) is 0.0373. The lowest BCUT2D eigenvalue weighted by Gasteiger charge is -2.35. The fraction of sp³-hybridized carbons (Fsp3) is 0.500. The van der Waals surface area contributed by atoms with Gasteiger partial charge in [0.05, 0.1) is 23.7 Å². The molecule has 2 heterocycles. The number of H-pyrrole nitrogens is 1. The first kappa shape index (κ1) is 15.0. The van der Waals surface area contributed by atoms with Gasteiger partial charge >= 0.3 is 0 Å². The molecule has 0 radical (unpaired) electrons. The molecule has 0 saturated carbocycles. The minimum Gasteiger partial charge on any atom is -0.392 e. The quantitative estimate of drug-likeness (QED) is 0.869. The van der Waals surface area contributed by atoms with Crippen molar-refractivity contribution >= 4 is 16.8 Å². The number of aliphatic hydroxyl groups is 1. The van der Waals surface area contributed by atoms with E-state index in [4.69, 9.17) is 0 Å². The van der Waals surface area contributed by atoms with Gasteiger partial charge in [0.25, 0.3) is 0 Å². The molecule has 1 amide bonds. The fourth-order valence-electron chi connectivity index (χ4n) is 2.97. The first-order valence-electron chi connectivity index (χ1n) is 7.73. The number of aromatic nitrogens is 2. The summed E-state index contributed by atoms with van der Waals surface area (Å²) in [6.45, 7) is 5.55. The maximum atomic E-state index is 12.4. The predicted octanol–water partition coefficient (Wildman–Crippen LogP) is 0.630. The van der Waals surface area contributed by atoms with E-state index in [1.54, 1.807) is 6.92 Å². The summed E-state index contributed by atoms with van der Waals surface area (Å²) < 4.78 is 0. The number of piperazine rings is 1. The molecule has 118 valence electrons. The third-order valence-electron chi connectivity index (χ3n) is 4.12. The van der Waals surface area contributed by atoms with E-state index in [9.17, 15) is 9.90 Å². The zero-order valence-corrected chi connectivity index (χ0v) is 12.8. The smallest absolute Gasteiger partial charge is 0.228 e. The highest BCUT2D eigenvalue weighted by atomic mass is 16.3. The van der Waals surface area contributed by atoms with Gasteiger partial charge < -0.3 is 10.0 Å². The maximum absolute atomic E-state index is 12.4. The van der Waals surface area contributed by atoms with Crippen LogP contribution in [0.2, 0.25) is 0 Å². The molecule has 2 aromatic rings. The Morgan fingerprint density at radius 3 is 2.77 bits per heavy atom. The molecule has 0 bridgehead atoms. The van der Waals surface area contributed by atoms with Gasteiger partial charge in [-0.3, -0.25) is 14.8 Å². The summed E-state index contributed by atoms with van der Waals surface area (Å²) in [4.78, 5) is 16.5. The summed E-state index contributed by atoms with van der Waals surface area (Å²) in [7, 11) is 0. The molecule has 2 N–H and O–H groups in total. The zero-order valence-electron chi connectivity index (χ0n) is 12.8. The van der Waals surface area contributed by atoms with Crippen molar-refractivity contribution in [3.8, 4) is 0 Å². The number of para-hydroxylation sites is 1. The van der Waals surface area contributed by atoms with Gasteiger partial charge in [0.2, 0.25) is 5.91 Å². The highest BCUT2D eigenvalue weighted by Crippen LogP contribution is 2.16. The summed E-state index contributed by atoms with van der Waals surface area (Å²) >= 11 is 0. The molecule has 0 spiro atoms. The Hall–Kier alpha value is -1.92. The third kappa shape index (κ3) is 3.28. The van der Waals surface area contributed by atoms with Crippen LogP contribution < -0.4 is 0 Å². The molecule has 1 fully saturated rings. The standard InChI is InChI=1S/C16H22N4O2/c1-12(21)11-19-6-8-20(9-7-19)16(22)10-15-13-4-2-3-5-14(13)17-18-15/h2-5,12,21H,6-11H2,1H3,(H,17,18)/t12-/m0/s1. The van der Waals surface area contributed by atoms with Gasteiger partial charge in [0.1, 0.15) is 0 Å². The van der Waals surface area contributed by atoms with Crippen molar-refractivity contribution in [2.45, 2.75) is 19.4 Å². The second kappa shape index (κ2) is 6.46. The SMILES string of the molecule is C[C@H](O)CN1CCN(C(=O)Cc2[nH]nc3ccccc23)CC1. The molecule has 1 aromatic carbocycles. The third-order valence-corrected chi connectivity index (χ3v) is 4.12. The Labute approximate surface area is 129 Å². The van der Waals surface area contributed by atoms with Crippen molar-refractivity contribution in [3.63, 3.8) is 0 Å². The highest BCUT2D eigenvalue weighted by Gasteiger charge is 2.22. The number of carbonyl (C=O) groups is 1. The molecule has 3 rings (SSSR count). The van der Waals surface area contributed by atoms with Crippen LogP contribution in [0, 0.1) is 0 Å². The van der Waals surface area contributed by atoms with Crippen molar-refractivity contribution in [1.82, 2.24) is 20.0 Å². The van der Waals surface area contributed by atoms with Crippen molar-refractivity contribution < 1.29 is 9.90 Å². The largest absolute Gasteiger partial charge is 0.392 e. The summed E-state index contributed by atoms with van der Waals surface area (Å²) in [5.74, 6) is 0.131. The molecule has 6 heteroatoms. The van der Waals surface area contributed by atoms with E-state index in [1.165, 1.54) is 0 Å². The Morgan fingerprint density at radius 1 is 1.32 bits per heavy atom. The van der Waals surface area contributed by atoms with E-state index < -0.39 is 0 Å². The van der Waals surface area contributed by atoms with Crippen LogP contribution in [-0.2, 0) is 11.2 Å². The highest BCUT2D eigenvalue weighted by molar-refractivity contribution is 5.87. The first-order valence-corrected chi connectivity index (χ1v) is 7.73. The van der Waals surface area contributed by atoms with Gasteiger partial charge in [-0.1, -0.05) is 18.2 Å². The van der Waals surface area contributed by atoms with Crippen LogP contribution in [0.15, 0.2) is 24.3 Å². The van der Waals surface area contributed by atoms with Crippen molar-refractivity contribution in [3.05, 3.63) is 30.0 Å². The number of hydrogen-bond acceptors (Lipinski definition) is 4. The van der Waals surface area contributed by atoms with Crippen LogP contribution in [0.3, 0.4) is 0 Å². The van der Waals surface area contributed by atoms with E-state index in [-0.39, 0.29) is 12.0 Å². The van der Waals surface area contributed by atoms with E-state index in [0.717, 1.165) is 42.8 Å². The summed E-state index contributed by atoms with van der Waals surface area (Å²) in [5.41, 5.74) is 1.78. The van der Waals surface area contributed by atoms with E-state index in [0.29, 0.717) is 13.0 Å². The Morgan fingerprint density at radius 2 is 2.05 bits per heavy atom. The van der Waals surface area contributed by atoms with Gasteiger partial charge in [0, 0.05) is 38.1 Å². The van der Waals surface area contributed by atoms with Crippen LogP contribution in [-0.4, -0.2) is 69.8 Å². The molecule has 1 aliphatic heterocycles. The molecule has 0 aliphatic carbocycles. The van der Waals surface area contributed by atoms with Gasteiger partial charge in [-0.25, -0.2) is 0 Å². The van der Waals surface area contributed by atoms with Crippen molar-refractivity contribution in [1.29, 1.82) is 0 Å². The lowest BCUT2D eigenvalue weighted by molar-refractivity contribution is -0.132. The number of nitrogens with zero attached hydrogens (tertiary/aromatic N) is 3.